The lowest BCUT2D eigenvalue weighted by Gasteiger charge is -2.53. The number of esters is 3. The first-order valence-electron chi connectivity index (χ1n) is 36.6. The van der Waals surface area contributed by atoms with E-state index in [0.29, 0.717) is 0 Å². The molecule has 0 saturated carbocycles. The van der Waals surface area contributed by atoms with Gasteiger partial charge in [0, 0.05) is 20.8 Å². The summed E-state index contributed by atoms with van der Waals surface area (Å²) in [5, 5.41) is 2.66. The molecule has 0 spiro atoms. The predicted octanol–water partition coefficient (Wildman–Crippen LogP) is 12.3. The molecule has 7 aromatic rings. The lowest BCUT2D eigenvalue weighted by atomic mass is 9.94. The maximum absolute atomic E-state index is 14.5. The summed E-state index contributed by atoms with van der Waals surface area (Å²) >= 11 is 19.2. The Kier molecular flexibility index (Phi) is 31.7. The average molecular weight is 1580 g/mol. The fourth-order valence-corrected chi connectivity index (χ4v) is 13.6. The molecule has 4 fully saturated rings. The summed E-state index contributed by atoms with van der Waals surface area (Å²) in [6.45, 7) is 10.5. The molecule has 4 saturated heterocycles. The number of hydrogen-bond donors (Lipinski definition) is 1. The fraction of sp³-hybridized carbons (Fsp3) is 0.429. The van der Waals surface area contributed by atoms with Gasteiger partial charge in [0.1, 0.15) is 79.8 Å². The molecule has 7 aromatic carbocycles. The van der Waals surface area contributed by atoms with Gasteiger partial charge in [0.2, 0.25) is 0 Å². The molecular weight excluding hydrogens is 1480 g/mol. The number of rotatable bonds is 36. The van der Waals surface area contributed by atoms with E-state index in [-0.39, 0.29) is 59.5 Å². The summed E-state index contributed by atoms with van der Waals surface area (Å²) in [5.41, 5.74) is 5.75. The Labute approximate surface area is 656 Å². The highest BCUT2D eigenvalue weighted by molar-refractivity contribution is 6.76. The van der Waals surface area contributed by atoms with Crippen LogP contribution in [0.25, 0.3) is 0 Å². The normalized spacial score (nSPS) is 28.3. The lowest BCUT2D eigenvalue weighted by molar-refractivity contribution is -0.409. The Balaban J connectivity index is 1.11. The van der Waals surface area contributed by atoms with Crippen LogP contribution in [0.5, 0.6) is 0 Å². The van der Waals surface area contributed by atoms with Gasteiger partial charge < -0.3 is 90.6 Å². The predicted molar refractivity (Wildman–Crippen MR) is 403 cm³/mol. The van der Waals surface area contributed by atoms with Crippen LogP contribution in [0.3, 0.4) is 0 Å². The lowest BCUT2D eigenvalue weighted by Crippen LogP contribution is -2.71. The van der Waals surface area contributed by atoms with Crippen LogP contribution < -0.4 is 5.32 Å². The molecule has 0 radical (unpaired) electrons. The van der Waals surface area contributed by atoms with Crippen LogP contribution >= 0.6 is 34.8 Å². The standard InChI is InChI=1S/C84H94Cl3NO22/c1-7-43-94-80-77(73(99-48-62-37-23-12-24-38-62)68(53(2)102-80)96-45-59-31-17-9-18-32-59)110-82-78(109-79-67(88-83(92)84(85,86)87)72(105-57(6)91)71(104-56(5)90)66(106-79)52-95-55(4)89)75(69(54(3)103-82)97-46-60-33-19-10-20-34-60)108-81-76(101-50-64-41-27-14-28-42-64)74(100-49-63-39-25-13-26-40-63)70(98-47-61-35-21-11-22-36-61)65(107-81)51-93-44-58-29-15-8-16-30-58/h7-42,53-54,65-82H,1,43-52H2,2-6H3,(H,88,92)/t53-,54-,65+,66+,67+,68-,69-,70+,71+,72+,73+,74-,75+,76+,77+,78+,79-,80+,81+,82-/m0/s1. The van der Waals surface area contributed by atoms with Gasteiger partial charge in [0.25, 0.3) is 9.70 Å². The van der Waals surface area contributed by atoms with Crippen molar-refractivity contribution in [2.24, 2.45) is 0 Å². The van der Waals surface area contributed by atoms with Crippen LogP contribution in [0.4, 0.5) is 0 Å². The van der Waals surface area contributed by atoms with Crippen molar-refractivity contribution in [3.05, 3.63) is 264 Å². The van der Waals surface area contributed by atoms with E-state index in [9.17, 15) is 19.2 Å². The third-order valence-corrected chi connectivity index (χ3v) is 19.2. The molecule has 1 amide bonds. The number of halogens is 3. The Morgan fingerprint density at radius 1 is 0.373 bits per heavy atom. The van der Waals surface area contributed by atoms with Crippen molar-refractivity contribution in [1.82, 2.24) is 5.32 Å². The highest BCUT2D eigenvalue weighted by Crippen LogP contribution is 2.42. The summed E-state index contributed by atoms with van der Waals surface area (Å²) in [4.78, 5) is 54.3. The first-order chi connectivity index (χ1) is 53.3. The van der Waals surface area contributed by atoms with Gasteiger partial charge in [-0.3, -0.25) is 19.2 Å². The smallest absolute Gasteiger partial charge is 0.303 e. The van der Waals surface area contributed by atoms with E-state index in [1.807, 2.05) is 219 Å². The maximum Gasteiger partial charge on any atom is 0.303 e. The van der Waals surface area contributed by atoms with Gasteiger partial charge in [0.05, 0.1) is 71.7 Å². The van der Waals surface area contributed by atoms with E-state index in [1.54, 1.807) is 13.0 Å². The molecule has 23 nitrogen and oxygen atoms in total. The minimum atomic E-state index is -2.71. The monoisotopic (exact) mass is 1570 g/mol. The zero-order valence-corrected chi connectivity index (χ0v) is 64.0. The van der Waals surface area contributed by atoms with Crippen LogP contribution in [0.2, 0.25) is 0 Å². The zero-order chi connectivity index (χ0) is 77.4. The molecule has 110 heavy (non-hydrogen) atoms. The maximum atomic E-state index is 14.5. The molecule has 4 aliphatic heterocycles. The van der Waals surface area contributed by atoms with E-state index in [4.69, 9.17) is 120 Å². The average Bonchev–Trinajstić information content (AvgIpc) is 0.756. The number of ether oxygens (including phenoxy) is 18. The molecule has 20 atom stereocenters. The number of amides is 1. The van der Waals surface area contributed by atoms with Crippen LogP contribution in [0, 0.1) is 0 Å². The minimum absolute atomic E-state index is 0.0143. The minimum Gasteiger partial charge on any atom is -0.463 e. The SMILES string of the molecule is C=CCO[C@@H]1O[C@@H](C)[C@H](OCc2ccccc2)[C@@H](OCc2ccccc2)[C@H]1O[C@@H]1O[C@@H](C)[C@H](OCc2ccccc2)[C@@H](O[C@H]2O[C@H](COCc3ccccc3)[C@@H](OCc3ccccc3)[C@H](OCc3ccccc3)[C@H]2OCc2ccccc2)[C@H]1O[C@@H]1O[C@H](COC(C)=O)[C@@H](OC(C)=O)[C@H](OC(C)=O)[C@H]1NC(=O)C(Cl)(Cl)Cl. The molecule has 0 aromatic heterocycles. The Morgan fingerprint density at radius 3 is 1.14 bits per heavy atom. The van der Waals surface area contributed by atoms with Crippen molar-refractivity contribution in [3.63, 3.8) is 0 Å². The van der Waals surface area contributed by atoms with Crippen LogP contribution in [0.15, 0.2) is 225 Å². The van der Waals surface area contributed by atoms with Crippen molar-refractivity contribution in [1.29, 1.82) is 0 Å². The third kappa shape index (κ3) is 24.0. The Morgan fingerprint density at radius 2 is 0.709 bits per heavy atom. The summed E-state index contributed by atoms with van der Waals surface area (Å²) in [5.74, 6) is -3.87. The van der Waals surface area contributed by atoms with E-state index < -0.39 is 157 Å². The van der Waals surface area contributed by atoms with E-state index in [1.165, 1.54) is 0 Å². The Hall–Kier alpha value is -7.57. The van der Waals surface area contributed by atoms with Crippen molar-refractivity contribution < 1.29 is 104 Å². The molecule has 588 valence electrons. The van der Waals surface area contributed by atoms with Gasteiger partial charge in [-0.2, -0.15) is 0 Å². The first kappa shape index (κ1) is 83.4. The second kappa shape index (κ2) is 41.8. The molecule has 1 N–H and O–H groups in total. The van der Waals surface area contributed by atoms with Gasteiger partial charge in [-0.1, -0.05) is 253 Å². The number of hydrogen-bond acceptors (Lipinski definition) is 22. The summed E-state index contributed by atoms with van der Waals surface area (Å²) in [6, 6.07) is 65.2. The topological polar surface area (TPSA) is 246 Å². The van der Waals surface area contributed by atoms with Crippen LogP contribution in [-0.2, 0) is 151 Å². The first-order valence-corrected chi connectivity index (χ1v) is 37.7. The van der Waals surface area contributed by atoms with Crippen molar-refractivity contribution in [3.8, 4) is 0 Å². The van der Waals surface area contributed by atoms with Crippen molar-refractivity contribution in [2.45, 2.75) is 207 Å². The molecule has 0 bridgehead atoms. The number of carbonyl (C=O) groups is 4. The molecule has 0 aliphatic carbocycles. The quantitative estimate of drug-likeness (QED) is 0.0166. The summed E-state index contributed by atoms with van der Waals surface area (Å²) in [7, 11) is 0. The van der Waals surface area contributed by atoms with Crippen molar-refractivity contribution in [2.75, 3.05) is 19.8 Å². The molecular formula is C84H94Cl3NO22. The largest absolute Gasteiger partial charge is 0.463 e. The molecule has 0 unspecified atom stereocenters. The highest BCUT2D eigenvalue weighted by Gasteiger charge is 2.60. The number of benzene rings is 7. The van der Waals surface area contributed by atoms with E-state index >= 15 is 0 Å². The number of alkyl halides is 3. The van der Waals surface area contributed by atoms with Gasteiger partial charge in [0.15, 0.2) is 37.4 Å². The summed E-state index contributed by atoms with van der Waals surface area (Å²) in [6.07, 6.45) is -24.0. The molecule has 11 rings (SSSR count). The van der Waals surface area contributed by atoms with Gasteiger partial charge in [-0.05, 0) is 52.8 Å². The van der Waals surface area contributed by atoms with Crippen LogP contribution in [0.1, 0.15) is 73.6 Å². The Bertz CT molecular complexity index is 3920. The molecule has 26 heteroatoms. The van der Waals surface area contributed by atoms with Gasteiger partial charge in [-0.15, -0.1) is 6.58 Å². The van der Waals surface area contributed by atoms with E-state index in [2.05, 4.69) is 11.9 Å². The molecule has 4 heterocycles. The summed E-state index contributed by atoms with van der Waals surface area (Å²) < 4.78 is 122. The second-order valence-corrected chi connectivity index (χ2v) is 29.2. The number of nitrogens with one attached hydrogen (secondary N) is 1. The van der Waals surface area contributed by atoms with E-state index in [0.717, 1.165) is 59.7 Å². The fourth-order valence-electron chi connectivity index (χ4n) is 13.5. The molecule has 4 aliphatic rings. The highest BCUT2D eigenvalue weighted by atomic mass is 35.6. The van der Waals surface area contributed by atoms with Crippen LogP contribution in [-0.4, -0.2) is 170 Å². The van der Waals surface area contributed by atoms with Gasteiger partial charge >= 0.3 is 17.9 Å². The second-order valence-electron chi connectivity index (χ2n) is 26.9. The van der Waals surface area contributed by atoms with Crippen molar-refractivity contribution >= 4 is 58.6 Å². The zero-order valence-electron chi connectivity index (χ0n) is 61.7. The number of carbonyl (C=O) groups excluding carboxylic acids is 4. The van der Waals surface area contributed by atoms with Gasteiger partial charge in [-0.25, -0.2) is 0 Å². The third-order valence-electron chi connectivity index (χ3n) is 18.7.